The van der Waals surface area contributed by atoms with Crippen molar-refractivity contribution in [2.75, 3.05) is 38.2 Å². The first-order valence-electron chi connectivity index (χ1n) is 13.1. The molecule has 9 heteroatoms. The van der Waals surface area contributed by atoms with E-state index in [-0.39, 0.29) is 24.4 Å². The van der Waals surface area contributed by atoms with Gasteiger partial charge >= 0.3 is 0 Å². The lowest BCUT2D eigenvalue weighted by Gasteiger charge is -2.46. The molecular formula is C28H34Cl2N4O3. The molecule has 3 atom stereocenters. The number of benzene rings is 2. The van der Waals surface area contributed by atoms with E-state index in [4.69, 9.17) is 27.9 Å². The molecule has 2 aromatic carbocycles. The lowest BCUT2D eigenvalue weighted by atomic mass is 9.78. The number of hydrazine groups is 1. The van der Waals surface area contributed by atoms with Gasteiger partial charge in [-0.1, -0.05) is 61.2 Å². The molecule has 198 valence electrons. The van der Waals surface area contributed by atoms with Crippen LogP contribution in [0.5, 0.6) is 0 Å². The van der Waals surface area contributed by atoms with Crippen LogP contribution in [0.3, 0.4) is 0 Å². The van der Waals surface area contributed by atoms with E-state index in [9.17, 15) is 9.59 Å². The summed E-state index contributed by atoms with van der Waals surface area (Å²) < 4.78 is 5.43. The van der Waals surface area contributed by atoms with E-state index in [1.807, 2.05) is 41.4 Å². The maximum atomic E-state index is 14.1. The molecule has 0 aromatic heterocycles. The second-order valence-electron chi connectivity index (χ2n) is 10.5. The topological polar surface area (TPSA) is 73.9 Å². The fourth-order valence-electron chi connectivity index (χ4n) is 6.14. The predicted molar refractivity (Wildman–Crippen MR) is 146 cm³/mol. The van der Waals surface area contributed by atoms with Crippen molar-refractivity contribution in [2.45, 2.75) is 50.6 Å². The molecule has 1 aliphatic carbocycles. The Balaban J connectivity index is 1.57. The minimum Gasteiger partial charge on any atom is -0.379 e. The van der Waals surface area contributed by atoms with E-state index in [0.717, 1.165) is 36.8 Å². The normalized spacial score (nSPS) is 26.1. The minimum atomic E-state index is -1.07. The molecule has 2 aromatic rings. The Bertz CT molecular complexity index is 1160. The van der Waals surface area contributed by atoms with Crippen LogP contribution in [0.4, 0.5) is 5.69 Å². The van der Waals surface area contributed by atoms with E-state index in [1.54, 1.807) is 6.07 Å². The van der Waals surface area contributed by atoms with E-state index in [0.29, 0.717) is 54.4 Å². The third-order valence-corrected chi connectivity index (χ3v) is 8.32. The number of hydrogen-bond donors (Lipinski definition) is 2. The first-order chi connectivity index (χ1) is 17.8. The van der Waals surface area contributed by atoms with Crippen LogP contribution in [-0.4, -0.2) is 60.6 Å². The van der Waals surface area contributed by atoms with Crippen molar-refractivity contribution in [1.82, 2.24) is 15.3 Å². The van der Waals surface area contributed by atoms with Gasteiger partial charge in [0.05, 0.1) is 19.8 Å². The van der Waals surface area contributed by atoms with Crippen LogP contribution in [0.15, 0.2) is 42.5 Å². The Kier molecular flexibility index (Phi) is 8.07. The van der Waals surface area contributed by atoms with Crippen LogP contribution >= 0.6 is 23.2 Å². The molecule has 2 fully saturated rings. The zero-order valence-electron chi connectivity index (χ0n) is 21.1. The average molecular weight is 546 g/mol. The largest absolute Gasteiger partial charge is 0.379 e. The average Bonchev–Trinajstić information content (AvgIpc) is 3.13. The van der Waals surface area contributed by atoms with E-state index in [1.165, 1.54) is 0 Å². The minimum absolute atomic E-state index is 0.0748. The molecule has 0 radical (unpaired) electrons. The number of nitrogens with one attached hydrogen (secondary N) is 2. The lowest BCUT2D eigenvalue weighted by Crippen LogP contribution is -2.61. The number of hydrogen-bond acceptors (Lipinski definition) is 5. The monoisotopic (exact) mass is 544 g/mol. The Morgan fingerprint density at radius 1 is 1.16 bits per heavy atom. The highest BCUT2D eigenvalue weighted by Gasteiger charge is 2.54. The van der Waals surface area contributed by atoms with Gasteiger partial charge < -0.3 is 10.1 Å². The van der Waals surface area contributed by atoms with Crippen molar-refractivity contribution < 1.29 is 14.3 Å². The van der Waals surface area contributed by atoms with Crippen molar-refractivity contribution in [3.8, 4) is 0 Å². The third-order valence-electron chi connectivity index (χ3n) is 7.85. The van der Waals surface area contributed by atoms with Crippen molar-refractivity contribution in [3.05, 3.63) is 63.6 Å². The summed E-state index contributed by atoms with van der Waals surface area (Å²) in [7, 11) is 0. The second kappa shape index (κ2) is 11.3. The Labute approximate surface area is 228 Å². The molecule has 1 saturated carbocycles. The molecule has 2 heterocycles. The number of carbonyl (C=O) groups excluding carboxylic acids is 2. The van der Waals surface area contributed by atoms with E-state index in [2.05, 4.69) is 22.6 Å². The molecule has 7 nitrogen and oxygen atoms in total. The fraction of sp³-hybridized carbons (Fsp3) is 0.500. The van der Waals surface area contributed by atoms with Crippen LogP contribution in [0.25, 0.3) is 0 Å². The van der Waals surface area contributed by atoms with Crippen molar-refractivity contribution >= 4 is 40.7 Å². The summed E-state index contributed by atoms with van der Waals surface area (Å²) in [5.74, 6) is 0.254. The molecule has 2 N–H and O–H groups in total. The Hall–Kier alpha value is -2.16. The Morgan fingerprint density at radius 2 is 1.95 bits per heavy atom. The molecule has 0 bridgehead atoms. The number of morpholine rings is 1. The highest BCUT2D eigenvalue weighted by atomic mass is 35.5. The number of rotatable bonds is 7. The molecule has 37 heavy (non-hydrogen) atoms. The smallest absolute Gasteiger partial charge is 0.249 e. The van der Waals surface area contributed by atoms with Crippen molar-refractivity contribution in [2.24, 2.45) is 5.92 Å². The molecule has 1 saturated heterocycles. The third kappa shape index (κ3) is 5.66. The number of halogens is 2. The van der Waals surface area contributed by atoms with Crippen LogP contribution < -0.4 is 10.7 Å². The molecule has 5 rings (SSSR count). The number of ether oxygens (including phenoxy) is 1. The zero-order chi connectivity index (χ0) is 26.0. The van der Waals surface area contributed by atoms with Gasteiger partial charge in [0.25, 0.3) is 0 Å². The standard InChI is InChI=1S/C28H34Cl2N4O3/c1-19-4-2-7-23(14-19)34(18-26(35)32-33-10-12-37-13-11-33)28(17-20-5-3-6-21(29)15-20)24-9-8-22(30)16-25(24)31-27(28)36/h3,5-6,8-9,15-16,19,23H,2,4,7,10-14,17-18H2,1H3,(H,31,36)(H,32,35). The van der Waals surface area contributed by atoms with Gasteiger partial charge in [-0.3, -0.25) is 19.9 Å². The van der Waals surface area contributed by atoms with Gasteiger partial charge in [0.15, 0.2) is 0 Å². The number of anilines is 1. The molecule has 2 aliphatic heterocycles. The van der Waals surface area contributed by atoms with Gasteiger partial charge in [-0.2, -0.15) is 0 Å². The van der Waals surface area contributed by atoms with Crippen LogP contribution in [0.1, 0.15) is 43.7 Å². The SMILES string of the molecule is CC1CCCC(N(CC(=O)NN2CCOCC2)C2(Cc3cccc(Cl)c3)C(=O)Nc3cc(Cl)ccc32)C1. The molecule has 3 unspecified atom stereocenters. The maximum absolute atomic E-state index is 14.1. The first kappa shape index (κ1) is 26.4. The number of fused-ring (bicyclic) bond motifs is 1. The van der Waals surface area contributed by atoms with Gasteiger partial charge in [-0.25, -0.2) is 5.01 Å². The molecule has 2 amide bonds. The Morgan fingerprint density at radius 3 is 2.70 bits per heavy atom. The van der Waals surface area contributed by atoms with Gasteiger partial charge in [-0.05, 0) is 48.6 Å². The summed E-state index contributed by atoms with van der Waals surface area (Å²) in [5.41, 5.74) is 4.47. The van der Waals surface area contributed by atoms with Gasteiger partial charge in [-0.15, -0.1) is 0 Å². The van der Waals surface area contributed by atoms with E-state index < -0.39 is 5.54 Å². The van der Waals surface area contributed by atoms with Crippen LogP contribution in [0.2, 0.25) is 10.0 Å². The highest BCUT2D eigenvalue weighted by Crippen LogP contribution is 2.47. The molecular weight excluding hydrogens is 511 g/mol. The van der Waals surface area contributed by atoms with Crippen molar-refractivity contribution in [1.29, 1.82) is 0 Å². The van der Waals surface area contributed by atoms with Crippen LogP contribution in [0, 0.1) is 5.92 Å². The maximum Gasteiger partial charge on any atom is 0.249 e. The number of amides is 2. The summed E-state index contributed by atoms with van der Waals surface area (Å²) in [5, 5.41) is 6.17. The number of nitrogens with zero attached hydrogens (tertiary/aromatic N) is 2. The van der Waals surface area contributed by atoms with Gasteiger partial charge in [0.2, 0.25) is 11.8 Å². The zero-order valence-corrected chi connectivity index (χ0v) is 22.7. The summed E-state index contributed by atoms with van der Waals surface area (Å²) >= 11 is 12.7. The quantitative estimate of drug-likeness (QED) is 0.531. The van der Waals surface area contributed by atoms with Crippen molar-refractivity contribution in [3.63, 3.8) is 0 Å². The molecule has 3 aliphatic rings. The fourth-order valence-corrected chi connectivity index (χ4v) is 6.52. The second-order valence-corrected chi connectivity index (χ2v) is 11.4. The molecule has 0 spiro atoms. The van der Waals surface area contributed by atoms with Gasteiger partial charge in [0, 0.05) is 46.8 Å². The lowest BCUT2D eigenvalue weighted by molar-refractivity contribution is -0.138. The van der Waals surface area contributed by atoms with Crippen LogP contribution in [-0.2, 0) is 26.3 Å². The van der Waals surface area contributed by atoms with E-state index >= 15 is 0 Å². The summed E-state index contributed by atoms with van der Waals surface area (Å²) in [6.45, 7) is 4.80. The summed E-state index contributed by atoms with van der Waals surface area (Å²) in [6.07, 6.45) is 4.48. The highest BCUT2D eigenvalue weighted by molar-refractivity contribution is 6.31. The number of carbonyl (C=O) groups is 2. The predicted octanol–water partition coefficient (Wildman–Crippen LogP) is 4.63. The summed E-state index contributed by atoms with van der Waals surface area (Å²) in [6, 6.07) is 13.2. The first-order valence-corrected chi connectivity index (χ1v) is 13.9. The summed E-state index contributed by atoms with van der Waals surface area (Å²) in [4.78, 5) is 29.8. The van der Waals surface area contributed by atoms with Gasteiger partial charge in [0.1, 0.15) is 5.54 Å².